The van der Waals surface area contributed by atoms with Gasteiger partial charge in [-0.2, -0.15) is 0 Å². The van der Waals surface area contributed by atoms with Crippen LogP contribution in [0, 0.1) is 0 Å². The number of aromatic nitrogens is 1. The number of halogens is 1. The molecule has 0 unspecified atom stereocenters. The number of fused-ring (bicyclic) bond motifs is 1. The zero-order valence-electron chi connectivity index (χ0n) is 10.7. The van der Waals surface area contributed by atoms with Crippen molar-refractivity contribution < 1.29 is 8.94 Å². The van der Waals surface area contributed by atoms with Crippen molar-refractivity contribution >= 4 is 26.9 Å². The Morgan fingerprint density at radius 2 is 2.10 bits per heavy atom. The SMILES string of the molecule is Brc1ccc2oc(-c3cc(CNC4CC4)no3)cc2c1. The second kappa shape index (κ2) is 4.75. The molecule has 2 aromatic heterocycles. The lowest BCUT2D eigenvalue weighted by atomic mass is 10.2. The molecule has 0 radical (unpaired) electrons. The summed E-state index contributed by atoms with van der Waals surface area (Å²) in [5, 5.41) is 8.53. The van der Waals surface area contributed by atoms with Gasteiger partial charge in [-0.25, -0.2) is 0 Å². The molecule has 0 saturated heterocycles. The molecule has 2 heterocycles. The fourth-order valence-electron chi connectivity index (χ4n) is 2.18. The van der Waals surface area contributed by atoms with Gasteiger partial charge in [-0.15, -0.1) is 0 Å². The molecule has 20 heavy (non-hydrogen) atoms. The molecule has 1 aromatic carbocycles. The normalized spacial score (nSPS) is 15.1. The van der Waals surface area contributed by atoms with Gasteiger partial charge in [0.25, 0.3) is 0 Å². The van der Waals surface area contributed by atoms with Crippen LogP contribution < -0.4 is 5.32 Å². The minimum atomic E-state index is 0.665. The molecule has 1 saturated carbocycles. The van der Waals surface area contributed by atoms with Gasteiger partial charge in [0, 0.05) is 28.5 Å². The molecule has 0 aliphatic heterocycles. The lowest BCUT2D eigenvalue weighted by molar-refractivity contribution is 0.410. The van der Waals surface area contributed by atoms with Crippen LogP contribution >= 0.6 is 15.9 Å². The van der Waals surface area contributed by atoms with Crippen molar-refractivity contribution in [3.05, 3.63) is 40.5 Å². The van der Waals surface area contributed by atoms with Crippen molar-refractivity contribution in [2.75, 3.05) is 0 Å². The summed E-state index contributed by atoms with van der Waals surface area (Å²) in [6, 6.07) is 10.5. The topological polar surface area (TPSA) is 51.2 Å². The summed E-state index contributed by atoms with van der Waals surface area (Å²) in [7, 11) is 0. The second-order valence-corrected chi connectivity index (χ2v) is 6.05. The fourth-order valence-corrected chi connectivity index (χ4v) is 2.56. The van der Waals surface area contributed by atoms with Crippen LogP contribution in [0.15, 0.2) is 43.7 Å². The van der Waals surface area contributed by atoms with E-state index in [9.17, 15) is 0 Å². The van der Waals surface area contributed by atoms with E-state index in [0.29, 0.717) is 17.6 Å². The van der Waals surface area contributed by atoms with Gasteiger partial charge in [-0.05, 0) is 37.1 Å². The number of nitrogens with one attached hydrogen (secondary N) is 1. The van der Waals surface area contributed by atoms with Gasteiger partial charge >= 0.3 is 0 Å². The van der Waals surface area contributed by atoms with Crippen LogP contribution in [-0.2, 0) is 6.54 Å². The van der Waals surface area contributed by atoms with Crippen LogP contribution in [0.2, 0.25) is 0 Å². The van der Waals surface area contributed by atoms with Gasteiger partial charge in [0.15, 0.2) is 5.76 Å². The zero-order valence-corrected chi connectivity index (χ0v) is 12.3. The maximum Gasteiger partial charge on any atom is 0.202 e. The van der Waals surface area contributed by atoms with E-state index in [-0.39, 0.29) is 0 Å². The standard InChI is InChI=1S/C15H13BrN2O2/c16-10-1-4-13-9(5-10)6-14(19-13)15-7-12(18-20-15)8-17-11-2-3-11/h1,4-7,11,17H,2-3,8H2. The van der Waals surface area contributed by atoms with Crippen LogP contribution in [0.4, 0.5) is 0 Å². The molecule has 0 bridgehead atoms. The predicted octanol–water partition coefficient (Wildman–Crippen LogP) is 4.10. The Kier molecular flexibility index (Phi) is 2.89. The first kappa shape index (κ1) is 12.2. The summed E-state index contributed by atoms with van der Waals surface area (Å²) in [5.41, 5.74) is 1.76. The highest BCUT2D eigenvalue weighted by Crippen LogP contribution is 2.30. The van der Waals surface area contributed by atoms with E-state index in [2.05, 4.69) is 26.4 Å². The minimum Gasteiger partial charge on any atom is -0.453 e. The molecule has 1 aliphatic carbocycles. The van der Waals surface area contributed by atoms with E-state index in [0.717, 1.165) is 27.7 Å². The summed E-state index contributed by atoms with van der Waals surface area (Å²) >= 11 is 3.46. The lowest BCUT2D eigenvalue weighted by Crippen LogP contribution is -2.15. The van der Waals surface area contributed by atoms with Crippen molar-refractivity contribution in [3.63, 3.8) is 0 Å². The van der Waals surface area contributed by atoms with Gasteiger partial charge in [0.1, 0.15) is 5.58 Å². The molecule has 102 valence electrons. The molecular formula is C15H13BrN2O2. The summed E-state index contributed by atoms with van der Waals surface area (Å²) < 4.78 is 12.2. The number of hydrogen-bond acceptors (Lipinski definition) is 4. The number of benzene rings is 1. The molecule has 1 N–H and O–H groups in total. The second-order valence-electron chi connectivity index (χ2n) is 5.13. The van der Waals surface area contributed by atoms with E-state index in [1.165, 1.54) is 12.8 Å². The largest absolute Gasteiger partial charge is 0.453 e. The van der Waals surface area contributed by atoms with Crippen LogP contribution in [0.5, 0.6) is 0 Å². The summed E-state index contributed by atoms with van der Waals surface area (Å²) in [5.74, 6) is 1.38. The van der Waals surface area contributed by atoms with E-state index >= 15 is 0 Å². The highest BCUT2D eigenvalue weighted by molar-refractivity contribution is 9.10. The molecule has 1 aliphatic rings. The first-order chi connectivity index (χ1) is 9.78. The van der Waals surface area contributed by atoms with Crippen LogP contribution in [-0.4, -0.2) is 11.2 Å². The van der Waals surface area contributed by atoms with Crippen LogP contribution in [0.25, 0.3) is 22.5 Å². The first-order valence-electron chi connectivity index (χ1n) is 6.66. The Bertz CT molecular complexity index is 758. The fraction of sp³-hybridized carbons (Fsp3) is 0.267. The number of nitrogens with zero attached hydrogens (tertiary/aromatic N) is 1. The third-order valence-corrected chi connectivity index (χ3v) is 3.92. The maximum absolute atomic E-state index is 5.79. The highest BCUT2D eigenvalue weighted by atomic mass is 79.9. The monoisotopic (exact) mass is 332 g/mol. The quantitative estimate of drug-likeness (QED) is 0.781. The molecule has 0 spiro atoms. The first-order valence-corrected chi connectivity index (χ1v) is 7.46. The molecule has 5 heteroatoms. The molecule has 0 atom stereocenters. The molecule has 1 fully saturated rings. The molecular weight excluding hydrogens is 320 g/mol. The van der Waals surface area contributed by atoms with Gasteiger partial charge < -0.3 is 14.3 Å². The third-order valence-electron chi connectivity index (χ3n) is 3.43. The van der Waals surface area contributed by atoms with Gasteiger partial charge in [-0.1, -0.05) is 21.1 Å². The molecule has 3 aromatic rings. The number of rotatable bonds is 4. The average Bonchev–Trinajstić information content (AvgIpc) is 2.99. The van der Waals surface area contributed by atoms with Crippen molar-refractivity contribution in [3.8, 4) is 11.5 Å². The lowest BCUT2D eigenvalue weighted by Gasteiger charge is -1.95. The Balaban J connectivity index is 1.60. The highest BCUT2D eigenvalue weighted by Gasteiger charge is 2.21. The minimum absolute atomic E-state index is 0.665. The van der Waals surface area contributed by atoms with E-state index in [1.807, 2.05) is 30.3 Å². The Morgan fingerprint density at radius 3 is 2.95 bits per heavy atom. The Labute approximate surface area is 124 Å². The Morgan fingerprint density at radius 1 is 1.20 bits per heavy atom. The van der Waals surface area contributed by atoms with Crippen molar-refractivity contribution in [1.82, 2.24) is 10.5 Å². The summed E-state index contributed by atoms with van der Waals surface area (Å²) in [6.07, 6.45) is 2.53. The average molecular weight is 333 g/mol. The van der Waals surface area contributed by atoms with E-state index in [1.54, 1.807) is 0 Å². The molecule has 0 amide bonds. The summed E-state index contributed by atoms with van der Waals surface area (Å²) in [6.45, 7) is 0.750. The summed E-state index contributed by atoms with van der Waals surface area (Å²) in [4.78, 5) is 0. The smallest absolute Gasteiger partial charge is 0.202 e. The third kappa shape index (κ3) is 2.39. The molecule has 4 nitrogen and oxygen atoms in total. The van der Waals surface area contributed by atoms with Gasteiger partial charge in [-0.3, -0.25) is 0 Å². The Hall–Kier alpha value is -1.59. The van der Waals surface area contributed by atoms with Gasteiger partial charge in [0.05, 0.1) is 5.69 Å². The van der Waals surface area contributed by atoms with E-state index < -0.39 is 0 Å². The number of furan rings is 1. The molecule has 4 rings (SSSR count). The maximum atomic E-state index is 5.79. The zero-order chi connectivity index (χ0) is 13.5. The van der Waals surface area contributed by atoms with Crippen molar-refractivity contribution in [2.45, 2.75) is 25.4 Å². The van der Waals surface area contributed by atoms with Crippen LogP contribution in [0.1, 0.15) is 18.5 Å². The van der Waals surface area contributed by atoms with Crippen molar-refractivity contribution in [2.24, 2.45) is 0 Å². The van der Waals surface area contributed by atoms with Crippen molar-refractivity contribution in [1.29, 1.82) is 0 Å². The predicted molar refractivity (Wildman–Crippen MR) is 79.3 cm³/mol. The van der Waals surface area contributed by atoms with Gasteiger partial charge in [0.2, 0.25) is 5.76 Å². The van der Waals surface area contributed by atoms with E-state index in [4.69, 9.17) is 8.94 Å². The number of hydrogen-bond donors (Lipinski definition) is 1. The van der Waals surface area contributed by atoms with Crippen LogP contribution in [0.3, 0.4) is 0 Å².